The normalized spacial score (nSPS) is 10.7. The second-order valence-corrected chi connectivity index (χ2v) is 5.65. The Hall–Kier alpha value is -4.24. The van der Waals surface area contributed by atoms with Crippen LogP contribution in [0.1, 0.15) is 5.69 Å². The third kappa shape index (κ3) is 5.18. The number of amides is 1. The van der Waals surface area contributed by atoms with Crippen LogP contribution in [0.4, 0.5) is 31.7 Å². The average molecular weight is 430 g/mol. The van der Waals surface area contributed by atoms with E-state index < -0.39 is 57.4 Å². The van der Waals surface area contributed by atoms with Crippen molar-refractivity contribution in [1.82, 2.24) is 9.78 Å². The molecule has 16 heteroatoms. The third-order valence-corrected chi connectivity index (χ3v) is 3.57. The molecule has 1 heterocycles. The number of hydrogen-bond donors (Lipinski definition) is 1. The summed E-state index contributed by atoms with van der Waals surface area (Å²) in [6.45, 7) is -0.583. The molecule has 0 radical (unpaired) electrons. The number of nitro benzene ring substituents is 1. The zero-order valence-electron chi connectivity index (χ0n) is 15.0. The van der Waals surface area contributed by atoms with Gasteiger partial charge in [-0.3, -0.25) is 25.0 Å². The molecule has 0 unspecified atom stereocenters. The number of anilines is 1. The lowest BCUT2D eigenvalue weighted by Gasteiger charge is -2.09. The summed E-state index contributed by atoms with van der Waals surface area (Å²) in [5, 5.41) is 38.5. The minimum absolute atomic E-state index is 0.188. The van der Waals surface area contributed by atoms with Crippen LogP contribution in [0.5, 0.6) is 5.75 Å². The Morgan fingerprint density at radius 1 is 1.17 bits per heavy atom. The molecule has 0 saturated carbocycles. The highest BCUT2D eigenvalue weighted by molar-refractivity contribution is 5.91. The molecule has 0 atom stereocenters. The zero-order valence-corrected chi connectivity index (χ0v) is 15.0. The van der Waals surface area contributed by atoms with Crippen LogP contribution in [0.15, 0.2) is 18.2 Å². The number of nitrogens with zero attached hydrogens (tertiary/aromatic N) is 5. The number of halogens is 2. The number of carbonyl (C=O) groups excluding carboxylic acids is 1. The first kappa shape index (κ1) is 22.1. The van der Waals surface area contributed by atoms with Gasteiger partial charge in [0.1, 0.15) is 24.6 Å². The summed E-state index contributed by atoms with van der Waals surface area (Å²) in [7, 11) is 0. The summed E-state index contributed by atoms with van der Waals surface area (Å²) in [5.74, 6) is -2.25. The summed E-state index contributed by atoms with van der Waals surface area (Å²) in [4.78, 5) is 42.2. The van der Waals surface area contributed by atoms with E-state index in [0.717, 1.165) is 29.8 Å². The molecule has 0 bridgehead atoms. The van der Waals surface area contributed by atoms with Crippen LogP contribution >= 0.6 is 0 Å². The maximum Gasteiger partial charge on any atom is 0.468 e. The van der Waals surface area contributed by atoms with Crippen molar-refractivity contribution in [2.24, 2.45) is 0 Å². The highest BCUT2D eigenvalue weighted by Crippen LogP contribution is 2.29. The molecule has 2 rings (SSSR count). The van der Waals surface area contributed by atoms with Gasteiger partial charge in [-0.2, -0.15) is 4.68 Å². The molecule has 0 saturated heterocycles. The van der Waals surface area contributed by atoms with Gasteiger partial charge in [0.05, 0.1) is 26.7 Å². The zero-order chi connectivity index (χ0) is 22.6. The molecule has 1 aromatic heterocycles. The van der Waals surface area contributed by atoms with Crippen molar-refractivity contribution in [3.8, 4) is 5.75 Å². The number of carbonyl (C=O) groups is 1. The Kier molecular flexibility index (Phi) is 6.50. The predicted molar refractivity (Wildman–Crippen MR) is 93.5 cm³/mol. The third-order valence-electron chi connectivity index (χ3n) is 3.57. The first-order valence-corrected chi connectivity index (χ1v) is 7.86. The second kappa shape index (κ2) is 8.84. The van der Waals surface area contributed by atoms with Crippen molar-refractivity contribution < 1.29 is 33.1 Å². The van der Waals surface area contributed by atoms with E-state index in [1.54, 1.807) is 0 Å². The molecule has 0 aliphatic heterocycles. The molecule has 0 aliphatic carbocycles. The Labute approximate surface area is 164 Å². The lowest BCUT2D eigenvalue weighted by atomic mass is 10.2. The van der Waals surface area contributed by atoms with E-state index in [9.17, 15) is 43.9 Å². The smallest absolute Gasteiger partial charge is 0.468 e. The number of hydrogen-bond acceptors (Lipinski definition) is 9. The molecular formula is C14H12F2N6O8. The summed E-state index contributed by atoms with van der Waals surface area (Å²) in [5.41, 5.74) is -1.89. The number of aromatic nitrogens is 2. The SMILES string of the molecule is Cc1c([N+](=O)[O-])c([N+](=O)[O-])nn1CC(=O)Nc1cc(OCC(F)F)cc([N+](=O)[O-])c1. The van der Waals surface area contributed by atoms with E-state index >= 15 is 0 Å². The molecule has 14 nitrogen and oxygen atoms in total. The summed E-state index contributed by atoms with van der Waals surface area (Å²) in [6, 6.07) is 2.85. The summed E-state index contributed by atoms with van der Waals surface area (Å²) >= 11 is 0. The van der Waals surface area contributed by atoms with Gasteiger partial charge in [0.15, 0.2) is 0 Å². The fraction of sp³-hybridized carbons (Fsp3) is 0.286. The molecule has 160 valence electrons. The van der Waals surface area contributed by atoms with E-state index in [1.807, 2.05) is 0 Å². The number of alkyl halides is 2. The minimum Gasteiger partial charge on any atom is -0.487 e. The molecule has 1 aromatic carbocycles. The molecular weight excluding hydrogens is 418 g/mol. The first-order chi connectivity index (χ1) is 14.0. The second-order valence-electron chi connectivity index (χ2n) is 5.65. The summed E-state index contributed by atoms with van der Waals surface area (Å²) < 4.78 is 30.0. The Balaban J connectivity index is 2.26. The van der Waals surface area contributed by atoms with Gasteiger partial charge in [0.25, 0.3) is 12.1 Å². The highest BCUT2D eigenvalue weighted by Gasteiger charge is 2.35. The molecule has 1 amide bonds. The number of benzene rings is 1. The van der Waals surface area contributed by atoms with Crippen molar-refractivity contribution in [1.29, 1.82) is 0 Å². The van der Waals surface area contributed by atoms with E-state index in [1.165, 1.54) is 0 Å². The van der Waals surface area contributed by atoms with Crippen molar-refractivity contribution in [3.05, 3.63) is 54.2 Å². The number of nitro groups is 3. The molecule has 0 fully saturated rings. The maximum absolute atomic E-state index is 12.3. The monoisotopic (exact) mass is 430 g/mol. The minimum atomic E-state index is -2.84. The molecule has 0 aliphatic rings. The van der Waals surface area contributed by atoms with E-state index in [-0.39, 0.29) is 17.1 Å². The van der Waals surface area contributed by atoms with Gasteiger partial charge in [-0.25, -0.2) is 8.78 Å². The average Bonchev–Trinajstić information content (AvgIpc) is 2.96. The van der Waals surface area contributed by atoms with E-state index in [4.69, 9.17) is 4.74 Å². The van der Waals surface area contributed by atoms with E-state index in [2.05, 4.69) is 10.4 Å². The number of ether oxygens (including phenoxy) is 1. The van der Waals surface area contributed by atoms with Crippen LogP contribution in [-0.2, 0) is 11.3 Å². The first-order valence-electron chi connectivity index (χ1n) is 7.86. The lowest BCUT2D eigenvalue weighted by Crippen LogP contribution is -2.20. The quantitative estimate of drug-likeness (QED) is 0.460. The highest BCUT2D eigenvalue weighted by atomic mass is 19.3. The number of nitrogens with one attached hydrogen (secondary N) is 1. The standard InChI is InChI=1S/C14H12F2N6O8/c1-7-13(21(26)27)14(22(28)29)18-19(7)5-12(23)17-8-2-9(20(24)25)4-10(3-8)30-6-11(15)16/h2-4,11H,5-6H2,1H3,(H,17,23). The van der Waals surface area contributed by atoms with Gasteiger partial charge in [0, 0.05) is 12.1 Å². The van der Waals surface area contributed by atoms with Crippen LogP contribution in [0.25, 0.3) is 0 Å². The van der Waals surface area contributed by atoms with E-state index in [0.29, 0.717) is 0 Å². The van der Waals surface area contributed by atoms with Gasteiger partial charge in [-0.05, 0) is 11.8 Å². The van der Waals surface area contributed by atoms with Crippen LogP contribution in [0.2, 0.25) is 0 Å². The van der Waals surface area contributed by atoms with Gasteiger partial charge >= 0.3 is 11.5 Å². The van der Waals surface area contributed by atoms with Gasteiger partial charge in [-0.15, -0.1) is 0 Å². The van der Waals surface area contributed by atoms with Crippen LogP contribution in [0.3, 0.4) is 0 Å². The molecule has 1 N–H and O–H groups in total. The van der Waals surface area contributed by atoms with Crippen molar-refractivity contribution in [2.45, 2.75) is 19.9 Å². The Bertz CT molecular complexity index is 1020. The summed E-state index contributed by atoms with van der Waals surface area (Å²) in [6.07, 6.45) is -2.84. The predicted octanol–water partition coefficient (Wildman–Crippen LogP) is 2.20. The Morgan fingerprint density at radius 2 is 1.83 bits per heavy atom. The van der Waals surface area contributed by atoms with Crippen molar-refractivity contribution in [2.75, 3.05) is 11.9 Å². The van der Waals surface area contributed by atoms with Crippen molar-refractivity contribution in [3.63, 3.8) is 0 Å². The fourth-order valence-corrected chi connectivity index (χ4v) is 2.35. The lowest BCUT2D eigenvalue weighted by molar-refractivity contribution is -0.424. The van der Waals surface area contributed by atoms with Crippen LogP contribution < -0.4 is 10.1 Å². The maximum atomic E-state index is 12.3. The number of non-ortho nitro benzene ring substituents is 1. The topological polar surface area (TPSA) is 186 Å². The van der Waals surface area contributed by atoms with Gasteiger partial charge < -0.3 is 20.2 Å². The van der Waals surface area contributed by atoms with Crippen LogP contribution in [0, 0.1) is 37.3 Å². The van der Waals surface area contributed by atoms with Gasteiger partial charge in [-0.1, -0.05) is 0 Å². The number of rotatable bonds is 9. The Morgan fingerprint density at radius 3 is 2.33 bits per heavy atom. The van der Waals surface area contributed by atoms with Crippen molar-refractivity contribution >= 4 is 28.8 Å². The molecule has 2 aromatic rings. The largest absolute Gasteiger partial charge is 0.487 e. The van der Waals surface area contributed by atoms with Crippen LogP contribution in [-0.4, -0.2) is 43.5 Å². The van der Waals surface area contributed by atoms with Gasteiger partial charge in [0.2, 0.25) is 5.91 Å². The molecule has 0 spiro atoms. The fourth-order valence-electron chi connectivity index (χ4n) is 2.35. The molecule has 30 heavy (non-hydrogen) atoms.